The SMILES string of the molecule is CC(C)[C@H](N)C(=O)N[C@H](Cc1ccc(O)cc1)C(=O)N[C@H](C(=O)O)C(C)C. The summed E-state index contributed by atoms with van der Waals surface area (Å²) in [4.78, 5) is 36.4. The number of nitrogens with one attached hydrogen (secondary N) is 2. The number of hydrogen-bond donors (Lipinski definition) is 5. The molecule has 0 radical (unpaired) electrons. The van der Waals surface area contributed by atoms with Crippen LogP contribution in [0.4, 0.5) is 0 Å². The van der Waals surface area contributed by atoms with Crippen LogP contribution in [0.5, 0.6) is 5.75 Å². The maximum atomic E-state index is 12.7. The Balaban J connectivity index is 3.00. The number of carbonyl (C=O) groups is 3. The van der Waals surface area contributed by atoms with Crippen LogP contribution in [0.2, 0.25) is 0 Å². The molecule has 3 atom stereocenters. The van der Waals surface area contributed by atoms with Crippen molar-refractivity contribution in [2.24, 2.45) is 17.6 Å². The van der Waals surface area contributed by atoms with E-state index in [1.165, 1.54) is 12.1 Å². The van der Waals surface area contributed by atoms with Gasteiger partial charge in [0.1, 0.15) is 17.8 Å². The monoisotopic (exact) mass is 379 g/mol. The molecule has 0 heterocycles. The predicted octanol–water partition coefficient (Wildman–Crippen LogP) is 0.628. The number of hydrogen-bond acceptors (Lipinski definition) is 5. The van der Waals surface area contributed by atoms with Crippen LogP contribution in [0, 0.1) is 11.8 Å². The van der Waals surface area contributed by atoms with E-state index >= 15 is 0 Å². The van der Waals surface area contributed by atoms with Gasteiger partial charge in [0.15, 0.2) is 0 Å². The lowest BCUT2D eigenvalue weighted by Crippen LogP contribution is -2.56. The highest BCUT2D eigenvalue weighted by Crippen LogP contribution is 2.12. The Kier molecular flexibility index (Phi) is 8.24. The summed E-state index contributed by atoms with van der Waals surface area (Å²) in [5.41, 5.74) is 6.55. The van der Waals surface area contributed by atoms with Crippen molar-refractivity contribution in [3.63, 3.8) is 0 Å². The average Bonchev–Trinajstić information content (AvgIpc) is 2.59. The van der Waals surface area contributed by atoms with E-state index in [0.29, 0.717) is 5.56 Å². The fraction of sp³-hybridized carbons (Fsp3) is 0.526. The molecular weight excluding hydrogens is 350 g/mol. The molecule has 0 bridgehead atoms. The molecule has 8 nitrogen and oxygen atoms in total. The summed E-state index contributed by atoms with van der Waals surface area (Å²) in [6, 6.07) is 3.34. The van der Waals surface area contributed by atoms with Gasteiger partial charge in [-0.3, -0.25) is 9.59 Å². The molecule has 27 heavy (non-hydrogen) atoms. The van der Waals surface area contributed by atoms with Crippen LogP contribution in [0.3, 0.4) is 0 Å². The van der Waals surface area contributed by atoms with Crippen molar-refractivity contribution in [1.82, 2.24) is 10.6 Å². The van der Waals surface area contributed by atoms with Crippen LogP contribution in [0.1, 0.15) is 33.3 Å². The normalized spacial score (nSPS) is 14.5. The minimum atomic E-state index is -1.15. The minimum Gasteiger partial charge on any atom is -0.508 e. The van der Waals surface area contributed by atoms with Crippen LogP contribution in [0.15, 0.2) is 24.3 Å². The van der Waals surface area contributed by atoms with Gasteiger partial charge in [-0.25, -0.2) is 4.79 Å². The standard InChI is InChI=1S/C19H29N3O5/c1-10(2)15(20)18(25)21-14(9-12-5-7-13(23)8-6-12)17(24)22-16(11(3)4)19(26)27/h5-8,10-11,14-16,23H,9,20H2,1-4H3,(H,21,25)(H,22,24)(H,26,27)/t14-,15+,16+/m1/s1. The molecule has 0 saturated heterocycles. The summed E-state index contributed by atoms with van der Waals surface area (Å²) in [6.07, 6.45) is 0.132. The highest BCUT2D eigenvalue weighted by Gasteiger charge is 2.30. The van der Waals surface area contributed by atoms with Gasteiger partial charge in [-0.1, -0.05) is 39.8 Å². The van der Waals surface area contributed by atoms with E-state index in [1.807, 2.05) is 0 Å². The molecule has 6 N–H and O–H groups in total. The first kappa shape index (κ1) is 22.4. The van der Waals surface area contributed by atoms with Gasteiger partial charge in [0.25, 0.3) is 0 Å². The molecule has 8 heteroatoms. The molecule has 0 aromatic heterocycles. The maximum Gasteiger partial charge on any atom is 0.326 e. The smallest absolute Gasteiger partial charge is 0.326 e. The van der Waals surface area contributed by atoms with Crippen molar-refractivity contribution in [3.8, 4) is 5.75 Å². The van der Waals surface area contributed by atoms with Crippen LogP contribution in [-0.4, -0.2) is 46.1 Å². The van der Waals surface area contributed by atoms with Gasteiger partial charge in [-0.2, -0.15) is 0 Å². The minimum absolute atomic E-state index is 0.0800. The number of nitrogens with two attached hydrogens (primary N) is 1. The lowest BCUT2D eigenvalue weighted by atomic mass is 10.00. The zero-order chi connectivity index (χ0) is 20.7. The van der Waals surface area contributed by atoms with E-state index in [4.69, 9.17) is 5.73 Å². The Bertz CT molecular complexity index is 658. The predicted molar refractivity (Wildman–Crippen MR) is 101 cm³/mol. The fourth-order valence-electron chi connectivity index (χ4n) is 2.42. The van der Waals surface area contributed by atoms with Gasteiger partial charge in [-0.05, 0) is 29.5 Å². The number of carboxylic acid groups (broad SMARTS) is 1. The summed E-state index contributed by atoms with van der Waals surface area (Å²) in [5.74, 6) is -2.60. The molecule has 150 valence electrons. The molecule has 0 fully saturated rings. The topological polar surface area (TPSA) is 142 Å². The number of phenolic OH excluding ortho intramolecular Hbond substituents is 1. The zero-order valence-corrected chi connectivity index (χ0v) is 16.1. The number of benzene rings is 1. The van der Waals surface area contributed by atoms with Gasteiger partial charge >= 0.3 is 5.97 Å². The second-order valence-electron chi connectivity index (χ2n) is 7.27. The molecule has 0 aliphatic carbocycles. The first-order valence-corrected chi connectivity index (χ1v) is 8.90. The third kappa shape index (κ3) is 6.90. The van der Waals surface area contributed by atoms with E-state index in [1.54, 1.807) is 39.8 Å². The van der Waals surface area contributed by atoms with Crippen LogP contribution in [0.25, 0.3) is 0 Å². The first-order chi connectivity index (χ1) is 12.5. The summed E-state index contributed by atoms with van der Waals surface area (Å²) >= 11 is 0. The maximum absolute atomic E-state index is 12.7. The van der Waals surface area contributed by atoms with Crippen molar-refractivity contribution in [2.45, 2.75) is 52.2 Å². The molecule has 1 aromatic rings. The highest BCUT2D eigenvalue weighted by molar-refractivity contribution is 5.92. The van der Waals surface area contributed by atoms with Crippen molar-refractivity contribution in [2.75, 3.05) is 0 Å². The van der Waals surface area contributed by atoms with Gasteiger partial charge in [0, 0.05) is 6.42 Å². The van der Waals surface area contributed by atoms with E-state index in [9.17, 15) is 24.6 Å². The van der Waals surface area contributed by atoms with Crippen molar-refractivity contribution < 1.29 is 24.6 Å². The quantitative estimate of drug-likeness (QED) is 0.426. The summed E-state index contributed by atoms with van der Waals surface area (Å²) in [7, 11) is 0. The van der Waals surface area contributed by atoms with Gasteiger partial charge in [-0.15, -0.1) is 0 Å². The van der Waals surface area contributed by atoms with Crippen molar-refractivity contribution in [3.05, 3.63) is 29.8 Å². The number of carbonyl (C=O) groups excluding carboxylic acids is 2. The molecular formula is C19H29N3O5. The third-order valence-electron chi connectivity index (χ3n) is 4.26. The van der Waals surface area contributed by atoms with Gasteiger partial charge in [0.05, 0.1) is 6.04 Å². The Morgan fingerprint density at radius 1 is 0.963 bits per heavy atom. The zero-order valence-electron chi connectivity index (χ0n) is 16.1. The second kappa shape index (κ2) is 9.91. The fourth-order valence-corrected chi connectivity index (χ4v) is 2.42. The lowest BCUT2D eigenvalue weighted by Gasteiger charge is -2.25. The number of carboxylic acids is 1. The number of aliphatic carboxylic acids is 1. The molecule has 0 unspecified atom stereocenters. The molecule has 0 aliphatic heterocycles. The number of phenols is 1. The average molecular weight is 379 g/mol. The molecule has 0 spiro atoms. The summed E-state index contributed by atoms with van der Waals surface area (Å²) in [5, 5.41) is 23.8. The summed E-state index contributed by atoms with van der Waals surface area (Å²) < 4.78 is 0. The Hall–Kier alpha value is -2.61. The van der Waals surface area contributed by atoms with Crippen molar-refractivity contribution >= 4 is 17.8 Å². The number of amides is 2. The molecule has 1 aromatic carbocycles. The molecule has 2 amide bonds. The molecule has 0 saturated carbocycles. The van der Waals surface area contributed by atoms with Gasteiger partial charge < -0.3 is 26.6 Å². The van der Waals surface area contributed by atoms with Crippen LogP contribution >= 0.6 is 0 Å². The Morgan fingerprint density at radius 2 is 1.52 bits per heavy atom. The van der Waals surface area contributed by atoms with Crippen LogP contribution in [-0.2, 0) is 20.8 Å². The Morgan fingerprint density at radius 3 is 1.96 bits per heavy atom. The second-order valence-corrected chi connectivity index (χ2v) is 7.27. The Labute approximate surface area is 159 Å². The number of aromatic hydroxyl groups is 1. The summed E-state index contributed by atoms with van der Waals surface area (Å²) in [6.45, 7) is 6.94. The first-order valence-electron chi connectivity index (χ1n) is 8.90. The van der Waals surface area contributed by atoms with E-state index in [2.05, 4.69) is 10.6 Å². The van der Waals surface area contributed by atoms with E-state index < -0.39 is 35.9 Å². The van der Waals surface area contributed by atoms with E-state index in [0.717, 1.165) is 0 Å². The van der Waals surface area contributed by atoms with Gasteiger partial charge in [0.2, 0.25) is 11.8 Å². The highest BCUT2D eigenvalue weighted by atomic mass is 16.4. The van der Waals surface area contributed by atoms with Crippen molar-refractivity contribution in [1.29, 1.82) is 0 Å². The largest absolute Gasteiger partial charge is 0.508 e. The molecule has 0 aliphatic rings. The number of rotatable bonds is 9. The molecule has 1 rings (SSSR count). The van der Waals surface area contributed by atoms with E-state index in [-0.39, 0.29) is 24.0 Å². The lowest BCUT2D eigenvalue weighted by molar-refractivity contribution is -0.143. The third-order valence-corrected chi connectivity index (χ3v) is 4.26. The van der Waals surface area contributed by atoms with Crippen LogP contribution < -0.4 is 16.4 Å².